The molecule has 1 aliphatic rings. The van der Waals surface area contributed by atoms with Crippen molar-refractivity contribution >= 4 is 16.8 Å². The number of hydrogen-bond acceptors (Lipinski definition) is 2. The highest BCUT2D eigenvalue weighted by molar-refractivity contribution is 5.88. The average Bonchev–Trinajstić information content (AvgIpc) is 3.19. The highest BCUT2D eigenvalue weighted by atomic mass is 19.1. The number of carbonyl (C=O) groups is 1. The SMILES string of the molecule is CC(C)(C)C(C(N)=O)c1cc2c(F)cc(C#N)cc2n1C1CC1. The van der Waals surface area contributed by atoms with Gasteiger partial charge in [0.15, 0.2) is 0 Å². The van der Waals surface area contributed by atoms with Crippen molar-refractivity contribution in [1.82, 2.24) is 4.57 Å². The van der Waals surface area contributed by atoms with Crippen LogP contribution in [0.25, 0.3) is 10.9 Å². The van der Waals surface area contributed by atoms with Gasteiger partial charge in [-0.3, -0.25) is 4.79 Å². The number of aromatic nitrogens is 1. The van der Waals surface area contributed by atoms with Crippen LogP contribution in [0.1, 0.15) is 56.8 Å². The Kier molecular flexibility index (Phi) is 3.44. The molecule has 4 nitrogen and oxygen atoms in total. The number of fused-ring (bicyclic) bond motifs is 1. The maximum Gasteiger partial charge on any atom is 0.227 e. The zero-order valence-electron chi connectivity index (χ0n) is 13.6. The van der Waals surface area contributed by atoms with Gasteiger partial charge in [-0.15, -0.1) is 0 Å². The van der Waals surface area contributed by atoms with Crippen LogP contribution < -0.4 is 5.73 Å². The number of primary amides is 1. The van der Waals surface area contributed by atoms with Crippen LogP contribution in [0.4, 0.5) is 4.39 Å². The van der Waals surface area contributed by atoms with E-state index in [9.17, 15) is 9.18 Å². The molecule has 1 aliphatic carbocycles. The lowest BCUT2D eigenvalue weighted by Gasteiger charge is -2.29. The number of amides is 1. The predicted octanol–water partition coefficient (Wildman–Crippen LogP) is 3.60. The van der Waals surface area contributed by atoms with Crippen LogP contribution in [-0.4, -0.2) is 10.5 Å². The van der Waals surface area contributed by atoms with Gasteiger partial charge in [-0.25, -0.2) is 4.39 Å². The zero-order chi connectivity index (χ0) is 16.9. The molecule has 0 bridgehead atoms. The molecule has 1 aromatic carbocycles. The summed E-state index contributed by atoms with van der Waals surface area (Å²) >= 11 is 0. The van der Waals surface area contributed by atoms with Crippen molar-refractivity contribution in [3.05, 3.63) is 35.3 Å². The Morgan fingerprint density at radius 2 is 2.04 bits per heavy atom. The lowest BCUT2D eigenvalue weighted by atomic mass is 9.78. The highest BCUT2D eigenvalue weighted by Crippen LogP contribution is 2.45. The molecule has 2 aromatic rings. The maximum atomic E-state index is 14.4. The summed E-state index contributed by atoms with van der Waals surface area (Å²) < 4.78 is 16.4. The summed E-state index contributed by atoms with van der Waals surface area (Å²) in [4.78, 5) is 12.1. The van der Waals surface area contributed by atoms with Gasteiger partial charge in [0, 0.05) is 17.1 Å². The molecule has 0 radical (unpaired) electrons. The van der Waals surface area contributed by atoms with Crippen molar-refractivity contribution < 1.29 is 9.18 Å². The van der Waals surface area contributed by atoms with Gasteiger partial charge in [-0.1, -0.05) is 20.8 Å². The number of halogens is 1. The minimum Gasteiger partial charge on any atom is -0.369 e. The van der Waals surface area contributed by atoms with Crippen molar-refractivity contribution in [1.29, 1.82) is 5.26 Å². The highest BCUT2D eigenvalue weighted by Gasteiger charge is 2.38. The van der Waals surface area contributed by atoms with E-state index in [0.717, 1.165) is 18.5 Å². The van der Waals surface area contributed by atoms with E-state index >= 15 is 0 Å². The standard InChI is InChI=1S/C18H20FN3O/c1-18(2,3)16(17(21)23)15-8-12-13(19)6-10(9-20)7-14(12)22(15)11-4-5-11/h6-8,11,16H,4-5H2,1-3H3,(H2,21,23). The summed E-state index contributed by atoms with van der Waals surface area (Å²) in [5, 5.41) is 9.55. The minimum atomic E-state index is -0.513. The van der Waals surface area contributed by atoms with Gasteiger partial charge in [-0.05, 0) is 36.5 Å². The third-order valence-corrected chi connectivity index (χ3v) is 4.43. The number of benzene rings is 1. The second-order valence-corrected chi connectivity index (χ2v) is 7.37. The van der Waals surface area contributed by atoms with Crippen LogP contribution in [0.15, 0.2) is 18.2 Å². The molecule has 1 atom stereocenters. The van der Waals surface area contributed by atoms with Crippen LogP contribution >= 0.6 is 0 Å². The molecule has 23 heavy (non-hydrogen) atoms. The molecular formula is C18H20FN3O. The number of rotatable bonds is 3. The van der Waals surface area contributed by atoms with Crippen molar-refractivity contribution in [3.8, 4) is 6.07 Å². The Balaban J connectivity index is 2.33. The van der Waals surface area contributed by atoms with Gasteiger partial charge in [0.05, 0.1) is 23.1 Å². The molecule has 1 heterocycles. The summed E-state index contributed by atoms with van der Waals surface area (Å²) in [6.07, 6.45) is 1.98. The molecule has 2 N–H and O–H groups in total. The quantitative estimate of drug-likeness (QED) is 0.940. The number of carbonyl (C=O) groups excluding carboxylic acids is 1. The first-order chi connectivity index (χ1) is 10.7. The number of nitrogens with two attached hydrogens (primary N) is 1. The second kappa shape index (κ2) is 5.09. The van der Waals surface area contributed by atoms with Crippen molar-refractivity contribution in [2.75, 3.05) is 0 Å². The molecule has 1 aromatic heterocycles. The molecule has 0 aliphatic heterocycles. The number of nitriles is 1. The van der Waals surface area contributed by atoms with E-state index in [1.54, 1.807) is 12.1 Å². The van der Waals surface area contributed by atoms with E-state index in [4.69, 9.17) is 11.0 Å². The monoisotopic (exact) mass is 313 g/mol. The van der Waals surface area contributed by atoms with Crippen LogP contribution in [0.5, 0.6) is 0 Å². The third-order valence-electron chi connectivity index (χ3n) is 4.43. The fourth-order valence-corrected chi connectivity index (χ4v) is 3.35. The van der Waals surface area contributed by atoms with Gasteiger partial charge in [0.1, 0.15) is 5.82 Å². The van der Waals surface area contributed by atoms with E-state index in [1.165, 1.54) is 6.07 Å². The van der Waals surface area contributed by atoms with Gasteiger partial charge in [-0.2, -0.15) is 5.26 Å². The zero-order valence-corrected chi connectivity index (χ0v) is 13.6. The van der Waals surface area contributed by atoms with Crippen molar-refractivity contribution in [2.24, 2.45) is 11.1 Å². The lowest BCUT2D eigenvalue weighted by molar-refractivity contribution is -0.121. The van der Waals surface area contributed by atoms with Gasteiger partial charge >= 0.3 is 0 Å². The number of nitrogens with zero attached hydrogens (tertiary/aromatic N) is 2. The van der Waals surface area contributed by atoms with Crippen LogP contribution in [0, 0.1) is 22.6 Å². The topological polar surface area (TPSA) is 71.8 Å². The Hall–Kier alpha value is -2.35. The fourth-order valence-electron chi connectivity index (χ4n) is 3.35. The third kappa shape index (κ3) is 2.59. The van der Waals surface area contributed by atoms with Crippen molar-refractivity contribution in [3.63, 3.8) is 0 Å². The Morgan fingerprint density at radius 3 is 2.52 bits per heavy atom. The van der Waals surface area contributed by atoms with E-state index in [-0.39, 0.29) is 17.0 Å². The second-order valence-electron chi connectivity index (χ2n) is 7.37. The van der Waals surface area contributed by atoms with Crippen LogP contribution in [-0.2, 0) is 4.79 Å². The average molecular weight is 313 g/mol. The largest absolute Gasteiger partial charge is 0.369 e. The maximum absolute atomic E-state index is 14.4. The summed E-state index contributed by atoms with van der Waals surface area (Å²) in [5.74, 6) is -1.36. The minimum absolute atomic E-state index is 0.250. The molecule has 3 rings (SSSR count). The van der Waals surface area contributed by atoms with E-state index in [1.807, 2.05) is 31.4 Å². The normalized spacial score (nSPS) is 16.3. The summed E-state index contributed by atoms with van der Waals surface area (Å²) in [5.41, 5.74) is 7.00. The first-order valence-corrected chi connectivity index (χ1v) is 7.78. The van der Waals surface area contributed by atoms with E-state index < -0.39 is 17.6 Å². The van der Waals surface area contributed by atoms with Crippen LogP contribution in [0.3, 0.4) is 0 Å². The number of hydrogen-bond donors (Lipinski definition) is 1. The lowest BCUT2D eigenvalue weighted by Crippen LogP contribution is -2.33. The predicted molar refractivity (Wildman–Crippen MR) is 86.3 cm³/mol. The van der Waals surface area contributed by atoms with Crippen LogP contribution in [0.2, 0.25) is 0 Å². The molecule has 1 unspecified atom stereocenters. The van der Waals surface area contributed by atoms with E-state index in [0.29, 0.717) is 10.9 Å². The first kappa shape index (κ1) is 15.5. The van der Waals surface area contributed by atoms with Crippen molar-refractivity contribution in [2.45, 2.75) is 45.6 Å². The molecule has 1 fully saturated rings. The smallest absolute Gasteiger partial charge is 0.227 e. The van der Waals surface area contributed by atoms with Gasteiger partial charge in [0.25, 0.3) is 0 Å². The fraction of sp³-hybridized carbons (Fsp3) is 0.444. The van der Waals surface area contributed by atoms with Gasteiger partial charge in [0.2, 0.25) is 5.91 Å². The Bertz CT molecular complexity index is 835. The summed E-state index contributed by atoms with van der Waals surface area (Å²) in [7, 11) is 0. The molecule has 5 heteroatoms. The summed E-state index contributed by atoms with van der Waals surface area (Å²) in [6.45, 7) is 5.86. The first-order valence-electron chi connectivity index (χ1n) is 7.78. The molecule has 1 amide bonds. The molecule has 1 saturated carbocycles. The van der Waals surface area contributed by atoms with Gasteiger partial charge < -0.3 is 10.3 Å². The van der Waals surface area contributed by atoms with E-state index in [2.05, 4.69) is 0 Å². The Labute approximate surface area is 134 Å². The molecule has 0 spiro atoms. The molecular weight excluding hydrogens is 293 g/mol. The molecule has 0 saturated heterocycles. The Morgan fingerprint density at radius 1 is 1.39 bits per heavy atom. The summed E-state index contributed by atoms with van der Waals surface area (Å²) in [6, 6.07) is 6.90. The molecule has 120 valence electrons.